The highest BCUT2D eigenvalue weighted by Gasteiger charge is 2.35. The number of aromatic nitrogens is 1. The SMILES string of the molecule is Cc1noc2c1C(N1CCN(C)CC1)CC(CN)C2. The van der Waals surface area contributed by atoms with Crippen molar-refractivity contribution >= 4 is 0 Å². The van der Waals surface area contributed by atoms with E-state index >= 15 is 0 Å². The first kappa shape index (κ1) is 13.1. The van der Waals surface area contributed by atoms with Gasteiger partial charge in [-0.3, -0.25) is 4.90 Å². The van der Waals surface area contributed by atoms with Crippen LogP contribution in [0.4, 0.5) is 0 Å². The highest BCUT2D eigenvalue weighted by Crippen LogP contribution is 2.39. The van der Waals surface area contributed by atoms with Crippen molar-refractivity contribution in [1.82, 2.24) is 15.0 Å². The van der Waals surface area contributed by atoms with Gasteiger partial charge in [-0.1, -0.05) is 5.16 Å². The molecule has 0 spiro atoms. The Kier molecular flexibility index (Phi) is 3.60. The largest absolute Gasteiger partial charge is 0.361 e. The molecule has 2 heterocycles. The number of piperazine rings is 1. The fourth-order valence-corrected chi connectivity index (χ4v) is 3.42. The van der Waals surface area contributed by atoms with Gasteiger partial charge in [0, 0.05) is 44.2 Å². The fourth-order valence-electron chi connectivity index (χ4n) is 3.42. The smallest absolute Gasteiger partial charge is 0.142 e. The summed E-state index contributed by atoms with van der Waals surface area (Å²) >= 11 is 0. The first-order chi connectivity index (χ1) is 9.19. The van der Waals surface area contributed by atoms with Crippen molar-refractivity contribution in [2.75, 3.05) is 39.8 Å². The molecule has 5 nitrogen and oxygen atoms in total. The number of rotatable bonds is 2. The van der Waals surface area contributed by atoms with Gasteiger partial charge in [-0.05, 0) is 32.9 Å². The number of aryl methyl sites for hydroxylation is 1. The molecule has 2 N–H and O–H groups in total. The Morgan fingerprint density at radius 2 is 2.05 bits per heavy atom. The molecule has 0 radical (unpaired) electrons. The predicted molar refractivity (Wildman–Crippen MR) is 73.9 cm³/mol. The van der Waals surface area contributed by atoms with Gasteiger partial charge in [0.1, 0.15) is 5.76 Å². The van der Waals surface area contributed by atoms with Gasteiger partial charge in [0.05, 0.1) is 5.69 Å². The highest BCUT2D eigenvalue weighted by molar-refractivity contribution is 5.29. The normalized spacial score (nSPS) is 29.4. The molecule has 0 aromatic carbocycles. The monoisotopic (exact) mass is 264 g/mol. The molecule has 1 saturated heterocycles. The molecule has 0 saturated carbocycles. The summed E-state index contributed by atoms with van der Waals surface area (Å²) in [6.45, 7) is 7.34. The van der Waals surface area contributed by atoms with Crippen molar-refractivity contribution < 1.29 is 4.52 Å². The van der Waals surface area contributed by atoms with Gasteiger partial charge in [0.2, 0.25) is 0 Å². The summed E-state index contributed by atoms with van der Waals surface area (Å²) in [6, 6.07) is 0.456. The Labute approximate surface area is 114 Å². The molecule has 106 valence electrons. The molecule has 2 aliphatic rings. The van der Waals surface area contributed by atoms with Crippen LogP contribution in [0.1, 0.15) is 29.5 Å². The van der Waals surface area contributed by atoms with Gasteiger partial charge in [-0.2, -0.15) is 0 Å². The highest BCUT2D eigenvalue weighted by atomic mass is 16.5. The first-order valence-corrected chi connectivity index (χ1v) is 7.26. The van der Waals surface area contributed by atoms with Crippen LogP contribution in [0.3, 0.4) is 0 Å². The van der Waals surface area contributed by atoms with E-state index in [9.17, 15) is 0 Å². The summed E-state index contributed by atoms with van der Waals surface area (Å²) in [7, 11) is 2.19. The summed E-state index contributed by atoms with van der Waals surface area (Å²) in [4.78, 5) is 4.98. The van der Waals surface area contributed by atoms with Crippen LogP contribution in [0.15, 0.2) is 4.52 Å². The molecule has 1 aromatic heterocycles. The van der Waals surface area contributed by atoms with E-state index in [0.717, 1.165) is 57.0 Å². The maximum atomic E-state index is 5.89. The van der Waals surface area contributed by atoms with Crippen molar-refractivity contribution in [3.8, 4) is 0 Å². The van der Waals surface area contributed by atoms with Crippen molar-refractivity contribution in [3.05, 3.63) is 17.0 Å². The summed E-state index contributed by atoms with van der Waals surface area (Å²) in [5.41, 5.74) is 8.30. The van der Waals surface area contributed by atoms with E-state index in [1.165, 1.54) is 5.56 Å². The van der Waals surface area contributed by atoms with Crippen LogP contribution in [0.25, 0.3) is 0 Å². The average Bonchev–Trinajstić information content (AvgIpc) is 2.80. The van der Waals surface area contributed by atoms with Gasteiger partial charge in [0.15, 0.2) is 0 Å². The summed E-state index contributed by atoms with van der Waals surface area (Å²) in [5.74, 6) is 1.60. The lowest BCUT2D eigenvalue weighted by molar-refractivity contribution is 0.0901. The number of nitrogens with two attached hydrogens (primary N) is 1. The van der Waals surface area contributed by atoms with Gasteiger partial charge in [0.25, 0.3) is 0 Å². The Hall–Kier alpha value is -0.910. The van der Waals surface area contributed by atoms with E-state index in [1.54, 1.807) is 0 Å². The second-order valence-corrected chi connectivity index (χ2v) is 6.00. The fraction of sp³-hybridized carbons (Fsp3) is 0.786. The Bertz CT molecular complexity index is 437. The van der Waals surface area contributed by atoms with E-state index in [4.69, 9.17) is 10.3 Å². The second-order valence-electron chi connectivity index (χ2n) is 6.00. The summed E-state index contributed by atoms with van der Waals surface area (Å²) < 4.78 is 5.52. The zero-order chi connectivity index (χ0) is 13.4. The lowest BCUT2D eigenvalue weighted by Gasteiger charge is -2.41. The molecule has 0 amide bonds. The average molecular weight is 264 g/mol. The zero-order valence-corrected chi connectivity index (χ0v) is 11.9. The van der Waals surface area contributed by atoms with Crippen molar-refractivity contribution in [2.45, 2.75) is 25.8 Å². The molecule has 0 bridgehead atoms. The Morgan fingerprint density at radius 3 is 2.74 bits per heavy atom. The minimum absolute atomic E-state index is 0.456. The molecule has 1 aromatic rings. The van der Waals surface area contributed by atoms with E-state index in [-0.39, 0.29) is 0 Å². The van der Waals surface area contributed by atoms with Crippen LogP contribution in [0.5, 0.6) is 0 Å². The minimum atomic E-state index is 0.456. The van der Waals surface area contributed by atoms with Crippen LogP contribution >= 0.6 is 0 Å². The maximum absolute atomic E-state index is 5.89. The number of hydrogen-bond donors (Lipinski definition) is 1. The van der Waals surface area contributed by atoms with Gasteiger partial charge in [-0.15, -0.1) is 0 Å². The predicted octanol–water partition coefficient (Wildman–Crippen LogP) is 0.793. The number of likely N-dealkylation sites (N-methyl/N-ethyl adjacent to an activating group) is 1. The Morgan fingerprint density at radius 1 is 1.32 bits per heavy atom. The molecule has 5 heteroatoms. The molecule has 1 aliphatic carbocycles. The van der Waals surface area contributed by atoms with Crippen LogP contribution in [-0.2, 0) is 6.42 Å². The third-order valence-electron chi connectivity index (χ3n) is 4.66. The number of hydrogen-bond acceptors (Lipinski definition) is 5. The molecule has 3 rings (SSSR count). The van der Waals surface area contributed by atoms with Crippen molar-refractivity contribution in [2.24, 2.45) is 11.7 Å². The zero-order valence-electron chi connectivity index (χ0n) is 11.9. The third kappa shape index (κ3) is 2.42. The maximum Gasteiger partial charge on any atom is 0.142 e. The van der Waals surface area contributed by atoms with Crippen LogP contribution in [-0.4, -0.2) is 54.7 Å². The first-order valence-electron chi connectivity index (χ1n) is 7.26. The van der Waals surface area contributed by atoms with Crippen LogP contribution < -0.4 is 5.73 Å². The third-order valence-corrected chi connectivity index (χ3v) is 4.66. The van der Waals surface area contributed by atoms with Gasteiger partial charge in [-0.25, -0.2) is 0 Å². The molecule has 2 unspecified atom stereocenters. The minimum Gasteiger partial charge on any atom is -0.361 e. The van der Waals surface area contributed by atoms with E-state index in [1.807, 2.05) is 0 Å². The van der Waals surface area contributed by atoms with Crippen molar-refractivity contribution in [1.29, 1.82) is 0 Å². The standard InChI is InChI=1S/C14H24N4O/c1-10-14-12(18-5-3-17(2)4-6-18)7-11(9-15)8-13(14)19-16-10/h11-12H,3-9,15H2,1-2H3. The van der Waals surface area contributed by atoms with Gasteiger partial charge < -0.3 is 15.2 Å². The molecule has 2 atom stereocenters. The van der Waals surface area contributed by atoms with Crippen molar-refractivity contribution in [3.63, 3.8) is 0 Å². The topological polar surface area (TPSA) is 58.5 Å². The number of nitrogens with zero attached hydrogens (tertiary/aromatic N) is 3. The molecular formula is C14H24N4O. The lowest BCUT2D eigenvalue weighted by Crippen LogP contribution is -2.47. The van der Waals surface area contributed by atoms with E-state index in [0.29, 0.717) is 12.0 Å². The lowest BCUT2D eigenvalue weighted by atomic mass is 9.82. The summed E-state index contributed by atoms with van der Waals surface area (Å²) in [5, 5.41) is 4.17. The second kappa shape index (κ2) is 5.23. The van der Waals surface area contributed by atoms with Crippen LogP contribution in [0, 0.1) is 12.8 Å². The quantitative estimate of drug-likeness (QED) is 0.856. The van der Waals surface area contributed by atoms with E-state index < -0.39 is 0 Å². The Balaban J connectivity index is 1.85. The van der Waals surface area contributed by atoms with E-state index in [2.05, 4.69) is 28.9 Å². The molecule has 1 fully saturated rings. The molecular weight excluding hydrogens is 240 g/mol. The van der Waals surface area contributed by atoms with Gasteiger partial charge >= 0.3 is 0 Å². The molecule has 1 aliphatic heterocycles. The number of fused-ring (bicyclic) bond motifs is 1. The summed E-state index contributed by atoms with van der Waals surface area (Å²) in [6.07, 6.45) is 2.10. The van der Waals surface area contributed by atoms with Crippen LogP contribution in [0.2, 0.25) is 0 Å². The molecule has 19 heavy (non-hydrogen) atoms.